The first-order valence-electron chi connectivity index (χ1n) is 10.9. The summed E-state index contributed by atoms with van der Waals surface area (Å²) >= 11 is 0. The van der Waals surface area contributed by atoms with Gasteiger partial charge in [-0.05, 0) is 30.4 Å². The van der Waals surface area contributed by atoms with E-state index in [0.717, 1.165) is 19.3 Å². The van der Waals surface area contributed by atoms with Crippen LogP contribution in [-0.2, 0) is 11.2 Å². The molecule has 2 atom stereocenters. The molecule has 0 radical (unpaired) electrons. The number of piperidine rings is 1. The van der Waals surface area contributed by atoms with Crippen LogP contribution in [0.25, 0.3) is 0 Å². The summed E-state index contributed by atoms with van der Waals surface area (Å²) in [7, 11) is 0. The number of aryl methyl sites for hydroxylation is 1. The number of alkyl halides is 1. The van der Waals surface area contributed by atoms with Gasteiger partial charge >= 0.3 is 0 Å². The summed E-state index contributed by atoms with van der Waals surface area (Å²) in [5.74, 6) is 0.688. The second-order valence-electron chi connectivity index (χ2n) is 8.61. The Bertz CT molecular complexity index is 787. The molecule has 2 unspecified atom stereocenters. The zero-order valence-corrected chi connectivity index (χ0v) is 17.0. The number of hydrogen-bond donors (Lipinski definition) is 1. The van der Waals surface area contributed by atoms with E-state index in [-0.39, 0.29) is 5.91 Å². The van der Waals surface area contributed by atoms with E-state index in [1.165, 1.54) is 11.1 Å². The molecule has 1 heterocycles. The second kappa shape index (κ2) is 9.08. The topological polar surface area (TPSA) is 32.3 Å². The monoisotopic (exact) mass is 394 g/mol. The summed E-state index contributed by atoms with van der Waals surface area (Å²) in [6.45, 7) is 1.47. The third kappa shape index (κ3) is 5.45. The van der Waals surface area contributed by atoms with Crippen molar-refractivity contribution in [1.29, 1.82) is 0 Å². The molecule has 29 heavy (non-hydrogen) atoms. The highest BCUT2D eigenvalue weighted by molar-refractivity contribution is 5.76. The van der Waals surface area contributed by atoms with Gasteiger partial charge in [0.15, 0.2) is 0 Å². The molecule has 1 saturated carbocycles. The van der Waals surface area contributed by atoms with Gasteiger partial charge < -0.3 is 10.2 Å². The summed E-state index contributed by atoms with van der Waals surface area (Å²) in [5.41, 5.74) is 1.42. The van der Waals surface area contributed by atoms with Gasteiger partial charge in [-0.3, -0.25) is 4.79 Å². The number of carbonyl (C=O) groups is 1. The quantitative estimate of drug-likeness (QED) is 0.716. The predicted molar refractivity (Wildman–Crippen MR) is 115 cm³/mol. The maximum Gasteiger partial charge on any atom is 0.222 e. The van der Waals surface area contributed by atoms with E-state index in [4.69, 9.17) is 0 Å². The summed E-state index contributed by atoms with van der Waals surface area (Å²) in [4.78, 5) is 14.3. The first-order valence-corrected chi connectivity index (χ1v) is 10.9. The first-order chi connectivity index (χ1) is 14.1. The van der Waals surface area contributed by atoms with Crippen molar-refractivity contribution in [3.63, 3.8) is 0 Å². The van der Waals surface area contributed by atoms with Crippen LogP contribution in [0.5, 0.6) is 0 Å². The molecule has 1 N–H and O–H groups in total. The minimum atomic E-state index is -1.19. The molecule has 2 aromatic rings. The van der Waals surface area contributed by atoms with Crippen molar-refractivity contribution >= 4 is 5.91 Å². The Morgan fingerprint density at radius 2 is 1.69 bits per heavy atom. The van der Waals surface area contributed by atoms with Crippen LogP contribution >= 0.6 is 0 Å². The Balaban J connectivity index is 1.15. The minimum absolute atomic E-state index is 0.169. The molecule has 2 aromatic carbocycles. The highest BCUT2D eigenvalue weighted by atomic mass is 19.1. The third-order valence-electron chi connectivity index (χ3n) is 6.41. The lowest BCUT2D eigenvalue weighted by Gasteiger charge is -2.36. The lowest BCUT2D eigenvalue weighted by atomic mass is 9.92. The molecule has 2 fully saturated rings. The Labute approximate surface area is 173 Å². The van der Waals surface area contributed by atoms with E-state index in [0.29, 0.717) is 50.9 Å². The smallest absolute Gasteiger partial charge is 0.222 e. The molecule has 1 aliphatic carbocycles. The lowest BCUT2D eigenvalue weighted by molar-refractivity contribution is -0.133. The molecule has 154 valence electrons. The van der Waals surface area contributed by atoms with E-state index in [2.05, 4.69) is 41.7 Å². The molecule has 1 aliphatic heterocycles. The van der Waals surface area contributed by atoms with Crippen molar-refractivity contribution in [2.45, 2.75) is 56.2 Å². The molecule has 4 rings (SSSR count). The maximum absolute atomic E-state index is 15.2. The number of hydrogen-bond acceptors (Lipinski definition) is 2. The van der Waals surface area contributed by atoms with Gasteiger partial charge in [-0.1, -0.05) is 60.7 Å². The normalized spacial score (nSPS) is 23.0. The molecule has 0 aromatic heterocycles. The first kappa shape index (κ1) is 20.1. The van der Waals surface area contributed by atoms with Crippen molar-refractivity contribution in [2.75, 3.05) is 19.6 Å². The van der Waals surface area contributed by atoms with Gasteiger partial charge in [0, 0.05) is 50.9 Å². The summed E-state index contributed by atoms with van der Waals surface area (Å²) < 4.78 is 15.2. The van der Waals surface area contributed by atoms with Gasteiger partial charge in [0.25, 0.3) is 0 Å². The van der Waals surface area contributed by atoms with Crippen LogP contribution in [0.4, 0.5) is 4.39 Å². The maximum atomic E-state index is 15.2. The fourth-order valence-electron chi connectivity index (χ4n) is 4.38. The number of halogens is 1. The Morgan fingerprint density at radius 1 is 1.03 bits per heavy atom. The van der Waals surface area contributed by atoms with Crippen molar-refractivity contribution in [1.82, 2.24) is 10.2 Å². The number of benzene rings is 2. The van der Waals surface area contributed by atoms with Gasteiger partial charge in [-0.2, -0.15) is 0 Å². The van der Waals surface area contributed by atoms with E-state index >= 15 is 4.39 Å². The molecule has 4 heteroatoms. The summed E-state index contributed by atoms with van der Waals surface area (Å²) in [6.07, 6.45) is 4.28. The van der Waals surface area contributed by atoms with E-state index in [9.17, 15) is 4.79 Å². The van der Waals surface area contributed by atoms with E-state index < -0.39 is 5.67 Å². The second-order valence-corrected chi connectivity index (χ2v) is 8.61. The number of likely N-dealkylation sites (tertiary alicyclic amines) is 1. The minimum Gasteiger partial charge on any atom is -0.342 e. The average Bonchev–Trinajstić information content (AvgIpc) is 3.54. The van der Waals surface area contributed by atoms with Gasteiger partial charge in [0.2, 0.25) is 5.91 Å². The number of rotatable bonds is 8. The third-order valence-corrected chi connectivity index (χ3v) is 6.41. The van der Waals surface area contributed by atoms with Crippen LogP contribution in [0.3, 0.4) is 0 Å². The zero-order chi connectivity index (χ0) is 20.1. The van der Waals surface area contributed by atoms with E-state index in [1.54, 1.807) is 0 Å². The summed E-state index contributed by atoms with van der Waals surface area (Å²) in [6, 6.07) is 21.1. The van der Waals surface area contributed by atoms with Crippen LogP contribution in [0.1, 0.15) is 49.1 Å². The van der Waals surface area contributed by atoms with Gasteiger partial charge in [-0.15, -0.1) is 0 Å². The SMILES string of the molecule is O=C(CCCc1ccccc1)N1CCC(F)(CNC2CC2c2ccccc2)CC1. The van der Waals surface area contributed by atoms with Crippen LogP contribution in [0.2, 0.25) is 0 Å². The molecular formula is C25H31FN2O. The molecule has 0 spiro atoms. The number of nitrogens with zero attached hydrogens (tertiary/aromatic N) is 1. The highest BCUT2D eigenvalue weighted by Crippen LogP contribution is 2.41. The molecule has 2 aliphatic rings. The fraction of sp³-hybridized carbons (Fsp3) is 0.480. The molecule has 1 amide bonds. The van der Waals surface area contributed by atoms with Crippen molar-refractivity contribution in [3.8, 4) is 0 Å². The van der Waals surface area contributed by atoms with Crippen LogP contribution in [0, 0.1) is 0 Å². The van der Waals surface area contributed by atoms with E-state index in [1.807, 2.05) is 29.2 Å². The van der Waals surface area contributed by atoms with Gasteiger partial charge in [0.1, 0.15) is 5.67 Å². The number of amides is 1. The van der Waals surface area contributed by atoms with Gasteiger partial charge in [-0.25, -0.2) is 4.39 Å². The number of nitrogens with one attached hydrogen (secondary N) is 1. The number of carbonyl (C=O) groups excluding carboxylic acids is 1. The molecular weight excluding hydrogens is 363 g/mol. The largest absolute Gasteiger partial charge is 0.342 e. The molecule has 1 saturated heterocycles. The summed E-state index contributed by atoms with van der Waals surface area (Å²) in [5, 5.41) is 3.43. The van der Waals surface area contributed by atoms with Gasteiger partial charge in [0.05, 0.1) is 0 Å². The van der Waals surface area contributed by atoms with Crippen molar-refractivity contribution in [2.24, 2.45) is 0 Å². The molecule has 0 bridgehead atoms. The predicted octanol–water partition coefficient (Wildman–Crippen LogP) is 4.49. The highest BCUT2D eigenvalue weighted by Gasteiger charge is 2.41. The Hall–Kier alpha value is -2.20. The Kier molecular flexibility index (Phi) is 6.29. The van der Waals surface area contributed by atoms with Crippen molar-refractivity contribution < 1.29 is 9.18 Å². The van der Waals surface area contributed by atoms with Crippen LogP contribution in [0.15, 0.2) is 60.7 Å². The fourth-order valence-corrected chi connectivity index (χ4v) is 4.38. The zero-order valence-electron chi connectivity index (χ0n) is 17.0. The van der Waals surface area contributed by atoms with Crippen molar-refractivity contribution in [3.05, 3.63) is 71.8 Å². The Morgan fingerprint density at radius 3 is 2.38 bits per heavy atom. The average molecular weight is 395 g/mol. The lowest BCUT2D eigenvalue weighted by Crippen LogP contribution is -2.49. The van der Waals surface area contributed by atoms with Crippen LogP contribution in [-0.4, -0.2) is 42.2 Å². The van der Waals surface area contributed by atoms with Crippen LogP contribution < -0.4 is 5.32 Å². The molecule has 3 nitrogen and oxygen atoms in total. The standard InChI is InChI=1S/C25H31FN2O/c26-25(19-27-23-18-22(23)21-11-5-2-6-12-21)14-16-28(17-15-25)24(29)13-7-10-20-8-3-1-4-9-20/h1-6,8-9,11-12,22-23,27H,7,10,13-19H2.